The molecule has 3 rings (SSSR count). The molecule has 1 atom stereocenters. The van der Waals surface area contributed by atoms with Crippen LogP contribution in [0.3, 0.4) is 0 Å². The summed E-state index contributed by atoms with van der Waals surface area (Å²) in [5.74, 6) is 0.0391. The maximum atomic E-state index is 12.5. The third-order valence-electron chi connectivity index (χ3n) is 3.42. The summed E-state index contributed by atoms with van der Waals surface area (Å²) in [6.07, 6.45) is 5.06. The summed E-state index contributed by atoms with van der Waals surface area (Å²) in [7, 11) is 0. The van der Waals surface area contributed by atoms with Gasteiger partial charge in [-0.25, -0.2) is 15.0 Å². The van der Waals surface area contributed by atoms with Crippen molar-refractivity contribution in [3.8, 4) is 6.01 Å². The van der Waals surface area contributed by atoms with Crippen LogP contribution < -0.4 is 4.74 Å². The molecule has 0 radical (unpaired) electrons. The number of amides is 1. The average molecular weight is 304 g/mol. The molecule has 1 saturated heterocycles. The van der Waals surface area contributed by atoms with Crippen LogP contribution in [0.4, 0.5) is 0 Å². The second-order valence-electron chi connectivity index (χ2n) is 4.93. The van der Waals surface area contributed by atoms with Gasteiger partial charge in [0, 0.05) is 18.9 Å². The molecule has 0 aliphatic carbocycles. The number of carbonyl (C=O) groups excluding carboxylic acids is 1. The SMILES string of the molecule is Cc1ncsc1C(=O)N1CCCC(Oc2ncccn2)C1. The molecule has 1 aliphatic rings. The predicted molar refractivity (Wildman–Crippen MR) is 78.4 cm³/mol. The molecule has 0 N–H and O–H groups in total. The molecule has 0 spiro atoms. The van der Waals surface area contributed by atoms with Gasteiger partial charge in [-0.2, -0.15) is 0 Å². The van der Waals surface area contributed by atoms with Gasteiger partial charge in [0.1, 0.15) is 11.0 Å². The Morgan fingerprint density at radius 2 is 2.19 bits per heavy atom. The van der Waals surface area contributed by atoms with Crippen molar-refractivity contribution in [3.63, 3.8) is 0 Å². The molecule has 1 amide bonds. The fourth-order valence-electron chi connectivity index (χ4n) is 2.36. The summed E-state index contributed by atoms with van der Waals surface area (Å²) < 4.78 is 5.75. The highest BCUT2D eigenvalue weighted by atomic mass is 32.1. The largest absolute Gasteiger partial charge is 0.458 e. The number of rotatable bonds is 3. The van der Waals surface area contributed by atoms with Gasteiger partial charge in [-0.3, -0.25) is 4.79 Å². The van der Waals surface area contributed by atoms with Gasteiger partial charge in [-0.05, 0) is 25.8 Å². The molecule has 0 saturated carbocycles. The molecule has 21 heavy (non-hydrogen) atoms. The van der Waals surface area contributed by atoms with Gasteiger partial charge in [-0.15, -0.1) is 11.3 Å². The molecule has 0 aromatic carbocycles. The normalized spacial score (nSPS) is 18.5. The molecular weight excluding hydrogens is 288 g/mol. The first-order chi connectivity index (χ1) is 10.2. The maximum Gasteiger partial charge on any atom is 0.316 e. The van der Waals surface area contributed by atoms with Crippen LogP contribution in [0.1, 0.15) is 28.2 Å². The maximum absolute atomic E-state index is 12.5. The Labute approximate surface area is 126 Å². The lowest BCUT2D eigenvalue weighted by Gasteiger charge is -2.32. The fraction of sp³-hybridized carbons (Fsp3) is 0.429. The Balaban J connectivity index is 1.66. The van der Waals surface area contributed by atoms with E-state index in [1.165, 1.54) is 11.3 Å². The molecule has 110 valence electrons. The minimum atomic E-state index is -0.0571. The molecule has 0 bridgehead atoms. The second kappa shape index (κ2) is 6.17. The molecule has 2 aromatic rings. The predicted octanol–water partition coefficient (Wildman–Crippen LogP) is 1.93. The number of likely N-dealkylation sites (tertiary alicyclic amines) is 1. The van der Waals surface area contributed by atoms with Crippen molar-refractivity contribution >= 4 is 17.2 Å². The van der Waals surface area contributed by atoms with Gasteiger partial charge in [0.15, 0.2) is 0 Å². The van der Waals surface area contributed by atoms with Gasteiger partial charge in [-0.1, -0.05) is 0 Å². The zero-order chi connectivity index (χ0) is 14.7. The van der Waals surface area contributed by atoms with E-state index in [9.17, 15) is 4.79 Å². The lowest BCUT2D eigenvalue weighted by molar-refractivity contribution is 0.0519. The smallest absolute Gasteiger partial charge is 0.316 e. The fourth-order valence-corrected chi connectivity index (χ4v) is 3.13. The monoisotopic (exact) mass is 304 g/mol. The number of nitrogens with zero attached hydrogens (tertiary/aromatic N) is 4. The molecule has 3 heterocycles. The third kappa shape index (κ3) is 3.18. The lowest BCUT2D eigenvalue weighted by atomic mass is 10.1. The van der Waals surface area contributed by atoms with E-state index in [1.54, 1.807) is 24.0 Å². The number of aromatic nitrogens is 3. The Bertz CT molecular complexity index is 616. The van der Waals surface area contributed by atoms with Gasteiger partial charge >= 0.3 is 6.01 Å². The molecule has 1 fully saturated rings. The molecule has 1 aliphatic heterocycles. The van der Waals surface area contributed by atoms with Crippen LogP contribution in [-0.2, 0) is 0 Å². The summed E-state index contributed by atoms with van der Waals surface area (Å²) in [6, 6.07) is 2.11. The second-order valence-corrected chi connectivity index (χ2v) is 5.79. The quantitative estimate of drug-likeness (QED) is 0.866. The van der Waals surface area contributed by atoms with E-state index in [2.05, 4.69) is 15.0 Å². The number of piperidine rings is 1. The Hall–Kier alpha value is -2.02. The van der Waals surface area contributed by atoms with Crippen LogP contribution in [-0.4, -0.2) is 45.0 Å². The first-order valence-electron chi connectivity index (χ1n) is 6.87. The number of aryl methyl sites for hydroxylation is 1. The summed E-state index contributed by atoms with van der Waals surface area (Å²) in [5.41, 5.74) is 2.50. The van der Waals surface area contributed by atoms with Crippen LogP contribution in [0.5, 0.6) is 6.01 Å². The molecule has 1 unspecified atom stereocenters. The zero-order valence-corrected chi connectivity index (χ0v) is 12.5. The highest BCUT2D eigenvalue weighted by Crippen LogP contribution is 2.20. The topological polar surface area (TPSA) is 68.2 Å². The van der Waals surface area contributed by atoms with Gasteiger partial charge in [0.25, 0.3) is 5.91 Å². The van der Waals surface area contributed by atoms with Crippen molar-refractivity contribution in [3.05, 3.63) is 34.5 Å². The Morgan fingerprint density at radius 3 is 2.90 bits per heavy atom. The van der Waals surface area contributed by atoms with E-state index < -0.39 is 0 Å². The molecule has 6 nitrogen and oxygen atoms in total. The summed E-state index contributed by atoms with van der Waals surface area (Å²) in [4.78, 5) is 27.3. The van der Waals surface area contributed by atoms with E-state index in [4.69, 9.17) is 4.74 Å². The first-order valence-corrected chi connectivity index (χ1v) is 7.75. The van der Waals surface area contributed by atoms with E-state index in [0.717, 1.165) is 25.1 Å². The van der Waals surface area contributed by atoms with Crippen LogP contribution in [0.15, 0.2) is 24.0 Å². The first kappa shape index (κ1) is 13.9. The number of hydrogen-bond donors (Lipinski definition) is 0. The average Bonchev–Trinajstić information content (AvgIpc) is 2.94. The Morgan fingerprint density at radius 1 is 1.38 bits per heavy atom. The number of carbonyl (C=O) groups is 1. The van der Waals surface area contributed by atoms with Crippen LogP contribution in [0.2, 0.25) is 0 Å². The van der Waals surface area contributed by atoms with Crippen LogP contribution in [0, 0.1) is 6.92 Å². The van der Waals surface area contributed by atoms with Crippen LogP contribution >= 0.6 is 11.3 Å². The minimum absolute atomic E-state index is 0.0391. The van der Waals surface area contributed by atoms with Crippen molar-refractivity contribution in [2.75, 3.05) is 13.1 Å². The van der Waals surface area contributed by atoms with E-state index in [1.807, 2.05) is 11.8 Å². The highest BCUT2D eigenvalue weighted by Gasteiger charge is 2.27. The van der Waals surface area contributed by atoms with Crippen LogP contribution in [0.25, 0.3) is 0 Å². The summed E-state index contributed by atoms with van der Waals surface area (Å²) in [6.45, 7) is 3.18. The number of hydrogen-bond acceptors (Lipinski definition) is 6. The summed E-state index contributed by atoms with van der Waals surface area (Å²) >= 11 is 1.39. The molecular formula is C14H16N4O2S. The number of thiazole rings is 1. The summed E-state index contributed by atoms with van der Waals surface area (Å²) in [5, 5.41) is 0. The molecule has 2 aromatic heterocycles. The standard InChI is InChI=1S/C14H16N4O2S/c1-10-12(21-9-17-10)13(19)18-7-2-4-11(8-18)20-14-15-5-3-6-16-14/h3,5-6,9,11H,2,4,7-8H2,1H3. The van der Waals surface area contributed by atoms with Gasteiger partial charge < -0.3 is 9.64 Å². The Kier molecular flexibility index (Phi) is 4.10. The highest BCUT2D eigenvalue weighted by molar-refractivity contribution is 7.11. The van der Waals surface area contributed by atoms with Gasteiger partial charge in [0.2, 0.25) is 0 Å². The van der Waals surface area contributed by atoms with Gasteiger partial charge in [0.05, 0.1) is 17.7 Å². The number of ether oxygens (including phenoxy) is 1. The van der Waals surface area contributed by atoms with E-state index >= 15 is 0 Å². The van der Waals surface area contributed by atoms with Crippen molar-refractivity contribution in [2.24, 2.45) is 0 Å². The van der Waals surface area contributed by atoms with Crippen molar-refractivity contribution in [1.29, 1.82) is 0 Å². The zero-order valence-electron chi connectivity index (χ0n) is 11.7. The van der Waals surface area contributed by atoms with Crippen molar-refractivity contribution < 1.29 is 9.53 Å². The van der Waals surface area contributed by atoms with E-state index in [0.29, 0.717) is 17.4 Å². The van der Waals surface area contributed by atoms with Crippen molar-refractivity contribution in [2.45, 2.75) is 25.9 Å². The minimum Gasteiger partial charge on any atom is -0.458 e. The molecule has 7 heteroatoms. The third-order valence-corrected chi connectivity index (χ3v) is 4.34. The lowest BCUT2D eigenvalue weighted by Crippen LogP contribution is -2.44. The van der Waals surface area contributed by atoms with E-state index in [-0.39, 0.29) is 12.0 Å². The van der Waals surface area contributed by atoms with Crippen molar-refractivity contribution in [1.82, 2.24) is 19.9 Å².